The van der Waals surface area contributed by atoms with Gasteiger partial charge < -0.3 is 15.1 Å². The summed E-state index contributed by atoms with van der Waals surface area (Å²) >= 11 is 0. The van der Waals surface area contributed by atoms with Crippen molar-refractivity contribution in [2.45, 2.75) is 20.8 Å². The second-order valence-electron chi connectivity index (χ2n) is 6.06. The first-order chi connectivity index (χ1) is 11.1. The van der Waals surface area contributed by atoms with Crippen molar-refractivity contribution in [2.24, 2.45) is 0 Å². The predicted molar refractivity (Wildman–Crippen MR) is 93.4 cm³/mol. The number of nitrogens with one attached hydrogen (secondary N) is 1. The molecule has 1 aromatic carbocycles. The standard InChI is InChI=1S/C17H24N6/c1-4-22-5-7-23(8-6-22)16-12-18-21-17(20-16)19-15-10-13(2)9-14(3)11-15/h9-12H,4-8H2,1-3H3,(H,19,20,21). The van der Waals surface area contributed by atoms with Crippen molar-refractivity contribution in [1.82, 2.24) is 20.1 Å². The minimum Gasteiger partial charge on any atom is -0.353 e. The third kappa shape index (κ3) is 3.96. The lowest BCUT2D eigenvalue weighted by atomic mass is 10.1. The van der Waals surface area contributed by atoms with Gasteiger partial charge in [0.25, 0.3) is 0 Å². The number of aromatic nitrogens is 3. The van der Waals surface area contributed by atoms with Gasteiger partial charge in [-0.15, -0.1) is 5.10 Å². The number of hydrogen-bond acceptors (Lipinski definition) is 6. The minimum absolute atomic E-state index is 0.547. The highest BCUT2D eigenvalue weighted by atomic mass is 15.3. The van der Waals surface area contributed by atoms with E-state index in [4.69, 9.17) is 0 Å². The van der Waals surface area contributed by atoms with E-state index in [9.17, 15) is 0 Å². The van der Waals surface area contributed by atoms with Gasteiger partial charge in [-0.3, -0.25) is 0 Å². The SMILES string of the molecule is CCN1CCN(c2cnnc(Nc3cc(C)cc(C)c3)n2)CC1. The normalized spacial score (nSPS) is 15.7. The van der Waals surface area contributed by atoms with Crippen LogP contribution in [0.5, 0.6) is 0 Å². The summed E-state index contributed by atoms with van der Waals surface area (Å²) < 4.78 is 0. The van der Waals surface area contributed by atoms with Crippen molar-refractivity contribution in [2.75, 3.05) is 42.9 Å². The molecular weight excluding hydrogens is 288 g/mol. The minimum atomic E-state index is 0.547. The van der Waals surface area contributed by atoms with E-state index in [0.717, 1.165) is 44.2 Å². The van der Waals surface area contributed by atoms with Crippen molar-refractivity contribution >= 4 is 17.5 Å². The van der Waals surface area contributed by atoms with Crippen molar-refractivity contribution in [3.63, 3.8) is 0 Å². The summed E-state index contributed by atoms with van der Waals surface area (Å²) in [7, 11) is 0. The Morgan fingerprint density at radius 1 is 1.04 bits per heavy atom. The molecule has 0 unspecified atom stereocenters. The molecule has 1 fully saturated rings. The van der Waals surface area contributed by atoms with Crippen molar-refractivity contribution in [3.8, 4) is 0 Å². The molecule has 0 amide bonds. The molecule has 0 aliphatic carbocycles. The largest absolute Gasteiger partial charge is 0.353 e. The van der Waals surface area contributed by atoms with Crippen LogP contribution in [-0.4, -0.2) is 52.8 Å². The lowest BCUT2D eigenvalue weighted by Crippen LogP contribution is -2.46. The average Bonchev–Trinajstić information content (AvgIpc) is 2.54. The summed E-state index contributed by atoms with van der Waals surface area (Å²) in [5.74, 6) is 1.44. The van der Waals surface area contributed by atoms with E-state index in [1.54, 1.807) is 6.20 Å². The van der Waals surface area contributed by atoms with Gasteiger partial charge in [0.05, 0.1) is 6.20 Å². The van der Waals surface area contributed by atoms with Crippen LogP contribution in [0.4, 0.5) is 17.5 Å². The second kappa shape index (κ2) is 6.91. The third-order valence-corrected chi connectivity index (χ3v) is 4.17. The monoisotopic (exact) mass is 312 g/mol. The molecule has 1 aliphatic heterocycles. The molecule has 0 spiro atoms. The van der Waals surface area contributed by atoms with Crippen molar-refractivity contribution in [3.05, 3.63) is 35.5 Å². The lowest BCUT2D eigenvalue weighted by Gasteiger charge is -2.34. The molecule has 0 saturated carbocycles. The van der Waals surface area contributed by atoms with Crippen LogP contribution < -0.4 is 10.2 Å². The van der Waals surface area contributed by atoms with E-state index < -0.39 is 0 Å². The summed E-state index contributed by atoms with van der Waals surface area (Å²) in [6.07, 6.45) is 1.74. The van der Waals surface area contributed by atoms with Crippen LogP contribution in [0, 0.1) is 13.8 Å². The van der Waals surface area contributed by atoms with E-state index in [1.165, 1.54) is 11.1 Å². The maximum absolute atomic E-state index is 4.62. The van der Waals surface area contributed by atoms with Crippen LogP contribution in [0.15, 0.2) is 24.4 Å². The number of benzene rings is 1. The van der Waals surface area contributed by atoms with Gasteiger partial charge in [-0.2, -0.15) is 10.1 Å². The molecule has 1 aromatic heterocycles. The van der Waals surface area contributed by atoms with Crippen LogP contribution in [0.2, 0.25) is 0 Å². The molecule has 0 bridgehead atoms. The fourth-order valence-corrected chi connectivity index (χ4v) is 2.97. The Labute approximate surface area is 137 Å². The molecule has 6 nitrogen and oxygen atoms in total. The molecule has 3 rings (SSSR count). The molecule has 6 heteroatoms. The third-order valence-electron chi connectivity index (χ3n) is 4.17. The van der Waals surface area contributed by atoms with Gasteiger partial charge in [-0.25, -0.2) is 0 Å². The number of aryl methyl sites for hydroxylation is 2. The first-order valence-corrected chi connectivity index (χ1v) is 8.16. The highest BCUT2D eigenvalue weighted by molar-refractivity contribution is 5.56. The number of nitrogens with zero attached hydrogens (tertiary/aromatic N) is 5. The zero-order valence-electron chi connectivity index (χ0n) is 14.1. The second-order valence-corrected chi connectivity index (χ2v) is 6.06. The predicted octanol–water partition coefficient (Wildman–Crippen LogP) is 2.37. The Morgan fingerprint density at radius 3 is 2.39 bits per heavy atom. The number of anilines is 3. The molecule has 2 heterocycles. The van der Waals surface area contributed by atoms with Crippen molar-refractivity contribution in [1.29, 1.82) is 0 Å². The maximum Gasteiger partial charge on any atom is 0.249 e. The quantitative estimate of drug-likeness (QED) is 0.935. The molecule has 1 aliphatic rings. The molecule has 1 saturated heterocycles. The van der Waals surface area contributed by atoms with Crippen LogP contribution in [0.25, 0.3) is 0 Å². The van der Waals surface area contributed by atoms with Gasteiger partial charge in [-0.1, -0.05) is 13.0 Å². The van der Waals surface area contributed by atoms with Gasteiger partial charge in [0.15, 0.2) is 5.82 Å². The molecule has 0 radical (unpaired) electrons. The summed E-state index contributed by atoms with van der Waals surface area (Å²) in [6.45, 7) is 11.6. The Hall–Kier alpha value is -2.21. The number of likely N-dealkylation sites (N-methyl/N-ethyl adjacent to an activating group) is 1. The summed E-state index contributed by atoms with van der Waals surface area (Å²) in [5, 5.41) is 11.5. The smallest absolute Gasteiger partial charge is 0.249 e. The van der Waals surface area contributed by atoms with E-state index in [2.05, 4.69) is 69.3 Å². The highest BCUT2D eigenvalue weighted by Gasteiger charge is 2.17. The van der Waals surface area contributed by atoms with Crippen molar-refractivity contribution < 1.29 is 0 Å². The van der Waals surface area contributed by atoms with E-state index in [-0.39, 0.29) is 0 Å². The van der Waals surface area contributed by atoms with E-state index >= 15 is 0 Å². The number of rotatable bonds is 4. The van der Waals surface area contributed by atoms with Crippen LogP contribution in [-0.2, 0) is 0 Å². The Balaban J connectivity index is 1.72. The molecule has 122 valence electrons. The van der Waals surface area contributed by atoms with Gasteiger partial charge in [0.1, 0.15) is 0 Å². The molecular formula is C17H24N6. The Kier molecular flexibility index (Phi) is 4.71. The topological polar surface area (TPSA) is 57.2 Å². The average molecular weight is 312 g/mol. The summed E-state index contributed by atoms with van der Waals surface area (Å²) in [4.78, 5) is 9.34. The molecule has 1 N–H and O–H groups in total. The first kappa shape index (κ1) is 15.7. The molecule has 23 heavy (non-hydrogen) atoms. The Morgan fingerprint density at radius 2 is 1.74 bits per heavy atom. The fourth-order valence-electron chi connectivity index (χ4n) is 2.97. The van der Waals surface area contributed by atoms with E-state index in [1.807, 2.05) is 0 Å². The van der Waals surface area contributed by atoms with Crippen LogP contribution in [0.1, 0.15) is 18.1 Å². The Bertz CT molecular complexity index is 644. The van der Waals surface area contributed by atoms with Crippen LogP contribution in [0.3, 0.4) is 0 Å². The fraction of sp³-hybridized carbons (Fsp3) is 0.471. The van der Waals surface area contributed by atoms with Gasteiger partial charge in [0.2, 0.25) is 5.95 Å². The van der Waals surface area contributed by atoms with Crippen LogP contribution >= 0.6 is 0 Å². The zero-order valence-corrected chi connectivity index (χ0v) is 14.1. The van der Waals surface area contributed by atoms with Gasteiger partial charge in [-0.05, 0) is 43.7 Å². The maximum atomic E-state index is 4.62. The van der Waals surface area contributed by atoms with E-state index in [0.29, 0.717) is 5.95 Å². The van der Waals surface area contributed by atoms with Gasteiger partial charge >= 0.3 is 0 Å². The highest BCUT2D eigenvalue weighted by Crippen LogP contribution is 2.19. The molecule has 2 aromatic rings. The first-order valence-electron chi connectivity index (χ1n) is 8.16. The summed E-state index contributed by atoms with van der Waals surface area (Å²) in [6, 6.07) is 6.32. The zero-order chi connectivity index (χ0) is 16.2. The lowest BCUT2D eigenvalue weighted by molar-refractivity contribution is 0.270. The van der Waals surface area contributed by atoms with Gasteiger partial charge in [0, 0.05) is 31.9 Å². The number of hydrogen-bond donors (Lipinski definition) is 1. The number of piperazine rings is 1. The molecule has 0 atom stereocenters. The summed E-state index contributed by atoms with van der Waals surface area (Å²) in [5.41, 5.74) is 3.43.